The molecule has 1 unspecified atom stereocenters. The van der Waals surface area contributed by atoms with Crippen LogP contribution >= 0.6 is 0 Å². The fourth-order valence-corrected chi connectivity index (χ4v) is 9.47. The maximum absolute atomic E-state index is 16.3. The van der Waals surface area contributed by atoms with Crippen molar-refractivity contribution in [2.75, 3.05) is 13.7 Å². The van der Waals surface area contributed by atoms with Crippen LogP contribution in [0.5, 0.6) is 11.6 Å². The molecule has 0 spiro atoms. The molecule has 2 aromatic rings. The average Bonchev–Trinajstić information content (AvgIpc) is 4.12. The summed E-state index contributed by atoms with van der Waals surface area (Å²) in [6.07, 6.45) is -2.81. The van der Waals surface area contributed by atoms with Crippen molar-refractivity contribution in [3.63, 3.8) is 0 Å². The minimum absolute atomic E-state index is 0.0376. The monoisotopic (exact) mass is 866 g/mol. The maximum atomic E-state index is 16.3. The summed E-state index contributed by atoms with van der Waals surface area (Å²) < 4.78 is 105. The lowest BCUT2D eigenvalue weighted by molar-refractivity contribution is -0.144. The Balaban J connectivity index is 1.31. The van der Waals surface area contributed by atoms with Gasteiger partial charge in [0.15, 0.2) is 5.69 Å². The van der Waals surface area contributed by atoms with Crippen LogP contribution in [0.3, 0.4) is 0 Å². The van der Waals surface area contributed by atoms with Crippen molar-refractivity contribution in [1.82, 2.24) is 30.2 Å². The van der Waals surface area contributed by atoms with Crippen LogP contribution in [0.15, 0.2) is 30.4 Å². The number of carbonyl (C=O) groups excluding carboxylic acids is 4. The number of sulfonamides is 1. The van der Waals surface area contributed by atoms with Crippen molar-refractivity contribution in [2.45, 2.75) is 126 Å². The summed E-state index contributed by atoms with van der Waals surface area (Å²) in [5, 5.41) is 5.04. The van der Waals surface area contributed by atoms with Gasteiger partial charge in [0.25, 0.3) is 5.91 Å². The van der Waals surface area contributed by atoms with E-state index in [2.05, 4.69) is 20.6 Å². The van der Waals surface area contributed by atoms with Gasteiger partial charge in [-0.1, -0.05) is 33.8 Å². The van der Waals surface area contributed by atoms with Crippen LogP contribution < -0.4 is 24.8 Å². The number of hydrogen-bond acceptors (Lipinski definition) is 11. The van der Waals surface area contributed by atoms with Crippen molar-refractivity contribution in [2.24, 2.45) is 23.2 Å². The van der Waals surface area contributed by atoms with Crippen LogP contribution in [-0.4, -0.2) is 102 Å². The fourth-order valence-electron chi connectivity index (χ4n) is 8.16. The zero-order valence-electron chi connectivity index (χ0n) is 34.1. The summed E-state index contributed by atoms with van der Waals surface area (Å²) in [6, 6.07) is 1.50. The molecule has 4 amide bonds. The number of fused-ring (bicyclic) bond motifs is 5. The van der Waals surface area contributed by atoms with E-state index in [1.54, 1.807) is 27.7 Å². The molecule has 2 bridgehead atoms. The van der Waals surface area contributed by atoms with Gasteiger partial charge in [-0.05, 0) is 81.4 Å². The van der Waals surface area contributed by atoms with Gasteiger partial charge in [-0.25, -0.2) is 32.0 Å². The minimum atomic E-state index is -4.32. The molecule has 3 heterocycles. The standard InChI is InChI=1S/C40H50F4N6O9S/c1-7-22-27-19-50(28(22)32(51)48-39(18-23(39)31(41)42)35(53)49-60(55,56)38(5)14-15-38)34(52)30(37(2,3)4)47-36(54)59-26-16-20(26)10-8-9-13-40(43,44)29-33(58-27)46-25-17-21(57-6)11-12-24(25)45-29/h9,11-13,17,20,22-23,26-28,30-31H,7-8,10,14-16,18-19H2,1-6H3,(H,47,54)(H,48,51)(H,49,53)/b13-9+/t20?,22-,23+,26-,27+,28+,30-,39-/m1/s1. The van der Waals surface area contributed by atoms with Crippen LogP contribution in [0.1, 0.15) is 85.3 Å². The molecule has 3 aliphatic carbocycles. The molecule has 1 aromatic heterocycles. The van der Waals surface area contributed by atoms with Crippen LogP contribution in [-0.2, 0) is 35.1 Å². The minimum Gasteiger partial charge on any atom is -0.497 e. The van der Waals surface area contributed by atoms with Gasteiger partial charge in [-0.3, -0.25) is 19.1 Å². The van der Waals surface area contributed by atoms with Crippen LogP contribution in [0.2, 0.25) is 0 Å². The number of alkyl halides is 4. The highest BCUT2D eigenvalue weighted by atomic mass is 32.2. The lowest BCUT2D eigenvalue weighted by Crippen LogP contribution is -2.61. The number of ether oxygens (including phenoxy) is 3. The number of halogens is 4. The van der Waals surface area contributed by atoms with Gasteiger partial charge in [-0.2, -0.15) is 8.78 Å². The fraction of sp³-hybridized carbons (Fsp3) is 0.650. The van der Waals surface area contributed by atoms with Gasteiger partial charge in [0.1, 0.15) is 35.6 Å². The summed E-state index contributed by atoms with van der Waals surface area (Å²) in [4.78, 5) is 66.2. The van der Waals surface area contributed by atoms with E-state index in [-0.39, 0.29) is 42.6 Å². The zero-order valence-corrected chi connectivity index (χ0v) is 34.9. The summed E-state index contributed by atoms with van der Waals surface area (Å²) in [5.74, 6) is -10.2. The van der Waals surface area contributed by atoms with Crippen molar-refractivity contribution in [3.05, 3.63) is 36.0 Å². The van der Waals surface area contributed by atoms with Crippen LogP contribution in [0.4, 0.5) is 22.4 Å². The van der Waals surface area contributed by atoms with E-state index in [0.717, 1.165) is 4.90 Å². The van der Waals surface area contributed by atoms with Gasteiger partial charge < -0.3 is 29.7 Å². The number of methoxy groups -OCH3 is 1. The Hall–Kier alpha value is -4.75. The molecule has 2 aliphatic heterocycles. The topological polar surface area (TPSA) is 195 Å². The predicted molar refractivity (Wildman–Crippen MR) is 206 cm³/mol. The van der Waals surface area contributed by atoms with Gasteiger partial charge in [0.05, 0.1) is 35.4 Å². The molecular formula is C40H50F4N6O9S. The summed E-state index contributed by atoms with van der Waals surface area (Å²) in [7, 11) is -2.91. The van der Waals surface area contributed by atoms with Crippen molar-refractivity contribution in [3.8, 4) is 11.6 Å². The lowest BCUT2D eigenvalue weighted by Gasteiger charge is -2.36. The molecule has 3 N–H and O–H groups in total. The SMILES string of the molecule is CC[C@@H]1[C@@H]2CN(C(=O)[C@H](C(C)(C)C)NC(=O)O[C@@H]3CC3CC/C=C/C(F)(F)c3nc4ccc(OC)cc4nc3O2)[C@@H]1C(=O)N[C@]1(C(=O)NS(=O)(=O)C2(C)CC2)C[C@H]1C(F)F. The number of aromatic nitrogens is 2. The number of benzene rings is 1. The molecule has 328 valence electrons. The summed E-state index contributed by atoms with van der Waals surface area (Å²) in [5.41, 5.74) is -3.99. The molecule has 60 heavy (non-hydrogen) atoms. The molecule has 0 radical (unpaired) electrons. The van der Waals surface area contributed by atoms with E-state index in [9.17, 15) is 36.4 Å². The molecule has 1 saturated heterocycles. The van der Waals surface area contributed by atoms with E-state index < -0.39 is 123 Å². The number of amides is 4. The van der Waals surface area contributed by atoms with Crippen molar-refractivity contribution < 1.29 is 59.4 Å². The first kappa shape index (κ1) is 43.3. The largest absolute Gasteiger partial charge is 0.497 e. The van der Waals surface area contributed by atoms with E-state index in [0.29, 0.717) is 24.7 Å². The number of allylic oxidation sites excluding steroid dienone is 2. The number of nitrogens with zero attached hydrogens (tertiary/aromatic N) is 3. The zero-order chi connectivity index (χ0) is 43.7. The van der Waals surface area contributed by atoms with E-state index >= 15 is 8.78 Å². The van der Waals surface area contributed by atoms with Gasteiger partial charge in [-0.15, -0.1) is 0 Å². The molecule has 15 nitrogen and oxygen atoms in total. The Kier molecular flexibility index (Phi) is 11.1. The Morgan fingerprint density at radius 1 is 1.10 bits per heavy atom. The normalized spacial score (nSPS) is 31.6. The Morgan fingerprint density at radius 3 is 2.43 bits per heavy atom. The Bertz CT molecular complexity index is 2220. The Labute approximate surface area is 344 Å². The second-order valence-corrected chi connectivity index (χ2v) is 20.1. The molecule has 20 heteroatoms. The van der Waals surface area contributed by atoms with Gasteiger partial charge >= 0.3 is 12.0 Å². The molecule has 4 fully saturated rings. The second kappa shape index (κ2) is 15.3. The third-order valence-corrected chi connectivity index (χ3v) is 14.6. The first-order valence-corrected chi connectivity index (χ1v) is 21.6. The quantitative estimate of drug-likeness (QED) is 0.245. The highest BCUT2D eigenvalue weighted by Crippen LogP contribution is 2.50. The van der Waals surface area contributed by atoms with Crippen molar-refractivity contribution in [1.29, 1.82) is 0 Å². The van der Waals surface area contributed by atoms with Crippen molar-refractivity contribution >= 4 is 44.9 Å². The first-order chi connectivity index (χ1) is 28.0. The molecular weight excluding hydrogens is 817 g/mol. The summed E-state index contributed by atoms with van der Waals surface area (Å²) >= 11 is 0. The third-order valence-electron chi connectivity index (χ3n) is 12.5. The number of alkyl carbamates (subject to hydrolysis) is 1. The molecule has 8 atom stereocenters. The number of rotatable bonds is 8. The number of hydrogen-bond donors (Lipinski definition) is 3. The highest BCUT2D eigenvalue weighted by Gasteiger charge is 2.68. The molecule has 7 rings (SSSR count). The third kappa shape index (κ3) is 8.19. The maximum Gasteiger partial charge on any atom is 0.408 e. The van der Waals surface area contributed by atoms with Crippen LogP contribution in [0, 0.1) is 23.2 Å². The van der Waals surface area contributed by atoms with Crippen LogP contribution in [0.25, 0.3) is 11.0 Å². The van der Waals surface area contributed by atoms with E-state index in [1.807, 2.05) is 4.72 Å². The number of carbonyl (C=O) groups is 4. The molecule has 3 saturated carbocycles. The predicted octanol–water partition coefficient (Wildman–Crippen LogP) is 4.73. The summed E-state index contributed by atoms with van der Waals surface area (Å²) in [6.45, 7) is 7.57. The number of nitrogens with one attached hydrogen (secondary N) is 3. The van der Waals surface area contributed by atoms with Gasteiger partial charge in [0.2, 0.25) is 34.1 Å². The second-order valence-electron chi connectivity index (χ2n) is 17.9. The van der Waals surface area contributed by atoms with E-state index in [1.165, 1.54) is 38.3 Å². The first-order valence-electron chi connectivity index (χ1n) is 20.1. The molecule has 5 aliphatic rings. The average molecular weight is 867 g/mol. The smallest absolute Gasteiger partial charge is 0.408 e. The van der Waals surface area contributed by atoms with Gasteiger partial charge in [0, 0.05) is 12.0 Å². The Morgan fingerprint density at radius 2 is 1.82 bits per heavy atom. The molecule has 1 aromatic carbocycles. The van der Waals surface area contributed by atoms with E-state index in [4.69, 9.17) is 14.2 Å². The lowest BCUT2D eigenvalue weighted by atomic mass is 9.85. The highest BCUT2D eigenvalue weighted by molar-refractivity contribution is 7.91.